The van der Waals surface area contributed by atoms with E-state index >= 15 is 0 Å². The molecule has 2 aromatic carbocycles. The van der Waals surface area contributed by atoms with Crippen LogP contribution in [-0.2, 0) is 19.5 Å². The number of carbonyl (C=O) groups is 1. The number of carbonyl (C=O) groups excluding carboxylic acids is 1. The number of aromatic nitrogens is 1. The summed E-state index contributed by atoms with van der Waals surface area (Å²) in [4.78, 5) is 15.0. The molecule has 5 rings (SSSR count). The molecule has 2 heterocycles. The van der Waals surface area contributed by atoms with Crippen molar-refractivity contribution in [3.8, 4) is 0 Å². The summed E-state index contributed by atoms with van der Waals surface area (Å²) in [6.45, 7) is 6.67. The number of rotatable bonds is 3. The molecule has 0 bridgehead atoms. The number of nitrogens with zero attached hydrogens (tertiary/aromatic N) is 2. The lowest BCUT2D eigenvalue weighted by molar-refractivity contribution is 0.206. The van der Waals surface area contributed by atoms with Gasteiger partial charge in [-0.05, 0) is 49.8 Å². The quantitative estimate of drug-likeness (QED) is 0.668. The predicted octanol–water partition coefficient (Wildman–Crippen LogP) is 5.26. The summed E-state index contributed by atoms with van der Waals surface area (Å²) in [6, 6.07) is 14.8. The molecule has 0 saturated heterocycles. The molecule has 1 fully saturated rings. The smallest absolute Gasteiger partial charge is 0.322 e. The van der Waals surface area contributed by atoms with Crippen LogP contribution in [0.3, 0.4) is 0 Å². The Morgan fingerprint density at radius 3 is 2.57 bits per heavy atom. The van der Waals surface area contributed by atoms with E-state index in [4.69, 9.17) is 0 Å². The molecule has 2 amide bonds. The van der Waals surface area contributed by atoms with Gasteiger partial charge in [-0.1, -0.05) is 36.4 Å². The van der Waals surface area contributed by atoms with E-state index in [0.29, 0.717) is 6.54 Å². The standard InChI is InChI=1S/C24H27N3O/c1-16-6-5-7-17(2)23(16)25-24(28)26-13-12-22-20(15-26)19-8-3-4-9-21(19)27(22)14-18-10-11-18/h3-9,18H,10-15H2,1-2H3,(H,25,28). The van der Waals surface area contributed by atoms with Crippen molar-refractivity contribution >= 4 is 22.6 Å². The number of urea groups is 1. The molecule has 1 saturated carbocycles. The molecule has 0 spiro atoms. The fraction of sp³-hybridized carbons (Fsp3) is 0.375. The third-order valence-corrected chi connectivity index (χ3v) is 6.30. The molecule has 4 heteroatoms. The number of nitrogens with one attached hydrogen (secondary N) is 1. The Balaban J connectivity index is 1.44. The van der Waals surface area contributed by atoms with Gasteiger partial charge in [0.25, 0.3) is 0 Å². The Morgan fingerprint density at radius 2 is 1.82 bits per heavy atom. The Morgan fingerprint density at radius 1 is 1.07 bits per heavy atom. The van der Waals surface area contributed by atoms with Gasteiger partial charge in [-0.3, -0.25) is 0 Å². The number of anilines is 1. The van der Waals surface area contributed by atoms with Crippen LogP contribution in [-0.4, -0.2) is 22.0 Å². The van der Waals surface area contributed by atoms with Gasteiger partial charge >= 0.3 is 6.03 Å². The Hall–Kier alpha value is -2.75. The van der Waals surface area contributed by atoms with Crippen molar-refractivity contribution in [1.82, 2.24) is 9.47 Å². The van der Waals surface area contributed by atoms with E-state index in [0.717, 1.165) is 42.2 Å². The SMILES string of the molecule is Cc1cccc(C)c1NC(=O)N1CCc2c(c3ccccc3n2CC2CC2)C1. The van der Waals surface area contributed by atoms with Crippen LogP contribution in [0.2, 0.25) is 0 Å². The summed E-state index contributed by atoms with van der Waals surface area (Å²) in [5.74, 6) is 0.838. The largest absolute Gasteiger partial charge is 0.344 e. The van der Waals surface area contributed by atoms with Gasteiger partial charge in [0, 0.05) is 53.9 Å². The number of benzene rings is 2. The van der Waals surface area contributed by atoms with E-state index in [1.807, 2.05) is 36.9 Å². The molecule has 1 aromatic heterocycles. The predicted molar refractivity (Wildman–Crippen MR) is 114 cm³/mol. The first-order valence-electron chi connectivity index (χ1n) is 10.3. The molecule has 0 atom stereocenters. The van der Waals surface area contributed by atoms with Crippen molar-refractivity contribution in [3.05, 3.63) is 64.8 Å². The topological polar surface area (TPSA) is 37.3 Å². The lowest BCUT2D eigenvalue weighted by Gasteiger charge is -2.29. The maximum atomic E-state index is 13.0. The molecular formula is C24H27N3O. The highest BCUT2D eigenvalue weighted by Gasteiger charge is 2.29. The number of hydrogen-bond donors (Lipinski definition) is 1. The van der Waals surface area contributed by atoms with Crippen molar-refractivity contribution in [2.75, 3.05) is 11.9 Å². The van der Waals surface area contributed by atoms with Gasteiger partial charge in [-0.25, -0.2) is 4.79 Å². The molecule has 2 aliphatic rings. The van der Waals surface area contributed by atoms with Gasteiger partial charge < -0.3 is 14.8 Å². The third kappa shape index (κ3) is 2.97. The van der Waals surface area contributed by atoms with Gasteiger partial charge in [-0.2, -0.15) is 0 Å². The zero-order valence-electron chi connectivity index (χ0n) is 16.7. The van der Waals surface area contributed by atoms with Crippen molar-refractivity contribution in [3.63, 3.8) is 0 Å². The van der Waals surface area contributed by atoms with E-state index < -0.39 is 0 Å². The summed E-state index contributed by atoms with van der Waals surface area (Å²) in [5, 5.41) is 4.46. The Bertz CT molecular complexity index is 1040. The second kappa shape index (κ2) is 6.69. The highest BCUT2D eigenvalue weighted by atomic mass is 16.2. The summed E-state index contributed by atoms with van der Waals surface area (Å²) in [5.41, 5.74) is 7.24. The number of aryl methyl sites for hydroxylation is 2. The normalized spacial score (nSPS) is 16.3. The molecule has 3 aromatic rings. The monoisotopic (exact) mass is 373 g/mol. The van der Waals surface area contributed by atoms with E-state index in [1.54, 1.807) is 0 Å². The van der Waals surface area contributed by atoms with Crippen LogP contribution >= 0.6 is 0 Å². The summed E-state index contributed by atoms with van der Waals surface area (Å²) >= 11 is 0. The number of amides is 2. The molecule has 0 radical (unpaired) electrons. The van der Waals surface area contributed by atoms with Crippen LogP contribution in [0, 0.1) is 19.8 Å². The van der Waals surface area contributed by atoms with Crippen LogP contribution in [0.15, 0.2) is 42.5 Å². The molecule has 0 unspecified atom stereocenters. The van der Waals surface area contributed by atoms with E-state index in [9.17, 15) is 4.79 Å². The Labute approximate surface area is 166 Å². The van der Waals surface area contributed by atoms with Crippen LogP contribution < -0.4 is 5.32 Å². The van der Waals surface area contributed by atoms with Crippen molar-refractivity contribution in [2.45, 2.75) is 46.2 Å². The van der Waals surface area contributed by atoms with Crippen molar-refractivity contribution in [2.24, 2.45) is 5.92 Å². The van der Waals surface area contributed by atoms with E-state index in [-0.39, 0.29) is 6.03 Å². The molecule has 1 aliphatic heterocycles. The minimum absolute atomic E-state index is 0.00192. The summed E-state index contributed by atoms with van der Waals surface area (Å²) in [6.07, 6.45) is 3.63. The highest BCUT2D eigenvalue weighted by Crippen LogP contribution is 2.36. The first kappa shape index (κ1) is 17.4. The molecule has 4 nitrogen and oxygen atoms in total. The summed E-state index contributed by atoms with van der Waals surface area (Å²) in [7, 11) is 0. The molecule has 1 N–H and O–H groups in total. The van der Waals surface area contributed by atoms with Gasteiger partial charge in [0.1, 0.15) is 0 Å². The zero-order chi connectivity index (χ0) is 19.3. The highest BCUT2D eigenvalue weighted by molar-refractivity contribution is 5.92. The average molecular weight is 374 g/mol. The van der Waals surface area contributed by atoms with Crippen LogP contribution in [0.25, 0.3) is 10.9 Å². The maximum absolute atomic E-state index is 13.0. The van der Waals surface area contributed by atoms with Gasteiger partial charge in [0.15, 0.2) is 0 Å². The van der Waals surface area contributed by atoms with Crippen LogP contribution in [0.1, 0.15) is 35.2 Å². The fourth-order valence-electron chi connectivity index (χ4n) is 4.54. The number of fused-ring (bicyclic) bond motifs is 3. The van der Waals surface area contributed by atoms with Gasteiger partial charge in [-0.15, -0.1) is 0 Å². The first-order valence-corrected chi connectivity index (χ1v) is 10.3. The second-order valence-corrected chi connectivity index (χ2v) is 8.36. The minimum atomic E-state index is 0.00192. The lowest BCUT2D eigenvalue weighted by Crippen LogP contribution is -2.39. The maximum Gasteiger partial charge on any atom is 0.322 e. The molecular weight excluding hydrogens is 346 g/mol. The second-order valence-electron chi connectivity index (χ2n) is 8.36. The van der Waals surface area contributed by atoms with Crippen LogP contribution in [0.4, 0.5) is 10.5 Å². The minimum Gasteiger partial charge on any atom is -0.344 e. The van der Waals surface area contributed by atoms with Crippen molar-refractivity contribution < 1.29 is 4.79 Å². The average Bonchev–Trinajstić information content (AvgIpc) is 3.47. The molecule has 1 aliphatic carbocycles. The van der Waals surface area contributed by atoms with Gasteiger partial charge in [0.2, 0.25) is 0 Å². The Kier molecular flexibility index (Phi) is 4.15. The zero-order valence-corrected chi connectivity index (χ0v) is 16.7. The molecule has 28 heavy (non-hydrogen) atoms. The van der Waals surface area contributed by atoms with Gasteiger partial charge in [0.05, 0.1) is 0 Å². The number of para-hydroxylation sites is 2. The van der Waals surface area contributed by atoms with E-state index in [1.165, 1.54) is 35.0 Å². The van der Waals surface area contributed by atoms with Crippen molar-refractivity contribution in [1.29, 1.82) is 0 Å². The fourth-order valence-corrected chi connectivity index (χ4v) is 4.54. The third-order valence-electron chi connectivity index (χ3n) is 6.30. The number of hydrogen-bond acceptors (Lipinski definition) is 1. The molecule has 144 valence electrons. The van der Waals surface area contributed by atoms with Crippen LogP contribution in [0.5, 0.6) is 0 Å². The first-order chi connectivity index (χ1) is 13.6. The lowest BCUT2D eigenvalue weighted by atomic mass is 10.0. The van der Waals surface area contributed by atoms with E-state index in [2.05, 4.69) is 34.1 Å². The summed E-state index contributed by atoms with van der Waals surface area (Å²) < 4.78 is 2.53.